The van der Waals surface area contributed by atoms with Crippen LogP contribution in [0, 0.1) is 13.8 Å². The topological polar surface area (TPSA) is 200 Å². The molecule has 7 rings (SSSR count). The van der Waals surface area contributed by atoms with Gasteiger partial charge in [0.1, 0.15) is 0 Å². The second kappa shape index (κ2) is 17.4. The van der Waals surface area contributed by atoms with Gasteiger partial charge in [0.25, 0.3) is 12.8 Å². The van der Waals surface area contributed by atoms with Gasteiger partial charge in [-0.25, -0.2) is 37.2 Å². The standard InChI is InChI=1S/C31H29B2N9.C2F6NO4S2.Co.H2O/c1-26-10-14-28(15-11-26)32(39-22-4-18-34-39,40-23-5-19-35-40)30-8-3-9-31(38-30)33(41-24-6-20-36-41,42-25-7-21-37-42)29-16-12-27(2)13-17-29;3-1(4,5)14(10,11)9-15(12,13)2(6,7)8;;/h3-25H,1-2H3;;;1H2/q-2;-1;+3;/p+1. The second-order valence-corrected chi connectivity index (χ2v) is 16.1. The molecule has 5 heterocycles. The smallest absolute Gasteiger partial charge is 0.457 e. The van der Waals surface area contributed by atoms with Crippen molar-refractivity contribution in [2.24, 2.45) is 0 Å². The van der Waals surface area contributed by atoms with E-state index in [1.807, 2.05) is 67.4 Å². The molecule has 15 nitrogen and oxygen atoms in total. The van der Waals surface area contributed by atoms with Gasteiger partial charge in [-0.15, -0.1) is 0 Å². The van der Waals surface area contributed by atoms with Crippen molar-refractivity contribution < 1.29 is 65.4 Å². The van der Waals surface area contributed by atoms with Crippen molar-refractivity contribution in [3.8, 4) is 0 Å². The maximum atomic E-state index is 11.4. The summed E-state index contributed by atoms with van der Waals surface area (Å²) in [7, 11) is -13.4. The van der Waals surface area contributed by atoms with E-state index in [-0.39, 0.29) is 22.3 Å². The largest absolute Gasteiger partial charge is 3.00 e. The van der Waals surface area contributed by atoms with Crippen molar-refractivity contribution in [1.29, 1.82) is 0 Å². The van der Waals surface area contributed by atoms with Gasteiger partial charge in [-0.3, -0.25) is 0 Å². The molecule has 2 aromatic carbocycles. The average molecular weight is 907 g/mol. The van der Waals surface area contributed by atoms with Crippen LogP contribution in [0.15, 0.2) is 141 Å². The van der Waals surface area contributed by atoms with E-state index in [0.717, 1.165) is 26.2 Å². The molecule has 0 saturated carbocycles. The number of aryl methyl sites for hydroxylation is 2. The van der Waals surface area contributed by atoms with Crippen LogP contribution in [-0.4, -0.2) is 84.4 Å². The number of aromatic nitrogens is 9. The molecule has 3 N–H and O–H groups in total. The number of alkyl halides is 6. The SMILES string of the molecule is Cc1ccc([B-](c2cccc([B-](c3ccc(C)cc3)(n3cccn3)n3cccn3)n2)(n2cccn2)n2cccn2)cc1.O=S(=O)([N-]S(=O)(=O)C(F)(F)F)C(F)(F)F.[Co+3].[OH3+]. The molecule has 0 aliphatic carbocycles. The molecule has 0 fully saturated rings. The first-order chi connectivity index (χ1) is 26.8. The first-order valence-corrected chi connectivity index (χ1v) is 19.5. The van der Waals surface area contributed by atoms with E-state index >= 15 is 0 Å². The van der Waals surface area contributed by atoms with Crippen molar-refractivity contribution in [3.05, 3.63) is 156 Å². The predicted molar refractivity (Wildman–Crippen MR) is 205 cm³/mol. The molecule has 312 valence electrons. The average Bonchev–Trinajstić information content (AvgIpc) is 4.00. The number of rotatable bonds is 10. The van der Waals surface area contributed by atoms with Crippen molar-refractivity contribution in [1.82, 2.24) is 43.7 Å². The number of sulfonamides is 2. The molecule has 59 heavy (non-hydrogen) atoms. The van der Waals surface area contributed by atoms with Crippen molar-refractivity contribution >= 4 is 55.0 Å². The van der Waals surface area contributed by atoms with Gasteiger partial charge in [0.2, 0.25) is 0 Å². The maximum Gasteiger partial charge on any atom is 3.00 e. The van der Waals surface area contributed by atoms with Crippen LogP contribution in [0.5, 0.6) is 0 Å². The fraction of sp³-hybridized carbons (Fsp3) is 0.121. The number of halogens is 6. The Morgan fingerprint density at radius 3 is 1.03 bits per heavy atom. The van der Waals surface area contributed by atoms with Crippen LogP contribution in [0.25, 0.3) is 4.13 Å². The molecule has 7 aromatic rings. The zero-order valence-corrected chi connectivity index (χ0v) is 33.2. The molecule has 5 aromatic heterocycles. The molecule has 26 heteroatoms. The Bertz CT molecular complexity index is 2390. The molecular formula is C33H32B2CoF6N10O5S2+. The maximum absolute atomic E-state index is 11.4. The first-order valence-electron chi connectivity index (χ1n) is 16.6. The summed E-state index contributed by atoms with van der Waals surface area (Å²) in [6, 6.07) is 31.0. The quantitative estimate of drug-likeness (QED) is 0.112. The Hall–Kier alpha value is -5.53. The van der Waals surface area contributed by atoms with E-state index < -0.39 is 43.9 Å². The third-order valence-corrected chi connectivity index (χ3v) is 11.9. The van der Waals surface area contributed by atoms with Crippen LogP contribution in [-0.2, 0) is 42.3 Å². The monoisotopic (exact) mass is 907 g/mol. The molecule has 0 unspecified atom stereocenters. The van der Waals surface area contributed by atoms with Gasteiger partial charge in [-0.2, -0.15) is 37.3 Å². The summed E-state index contributed by atoms with van der Waals surface area (Å²) >= 11 is 0. The van der Waals surface area contributed by atoms with Crippen molar-refractivity contribution in [3.63, 3.8) is 0 Å². The third-order valence-electron chi connectivity index (χ3n) is 9.11. The molecule has 0 spiro atoms. The van der Waals surface area contributed by atoms with Gasteiger partial charge in [0, 0.05) is 24.8 Å². The fourth-order valence-electron chi connectivity index (χ4n) is 6.54. The fourth-order valence-corrected chi connectivity index (χ4v) is 8.25. The van der Waals surface area contributed by atoms with Gasteiger partial charge in [0.05, 0.1) is 0 Å². The van der Waals surface area contributed by atoms with E-state index in [0.29, 0.717) is 0 Å². The predicted octanol–water partition coefficient (Wildman–Crippen LogP) is 1.93. The molecule has 0 aliphatic heterocycles. The molecule has 0 aliphatic rings. The summed E-state index contributed by atoms with van der Waals surface area (Å²) in [6.45, 7) is 4.18. The van der Waals surface area contributed by atoms with Crippen LogP contribution in [0.3, 0.4) is 0 Å². The van der Waals surface area contributed by atoms with Crippen LogP contribution < -0.4 is 22.1 Å². The minimum Gasteiger partial charge on any atom is -0.457 e. The normalized spacial score (nSPS) is 12.5. The number of pyridine rings is 1. The number of nitrogens with zero attached hydrogens (tertiary/aromatic N) is 10. The second-order valence-electron chi connectivity index (χ2n) is 12.7. The van der Waals surface area contributed by atoms with Gasteiger partial charge in [0.15, 0.2) is 20.0 Å². The van der Waals surface area contributed by atoms with Gasteiger partial charge < -0.3 is 33.0 Å². The van der Waals surface area contributed by atoms with E-state index in [9.17, 15) is 43.2 Å². The summed E-state index contributed by atoms with van der Waals surface area (Å²) < 4.78 is 117. The molecule has 0 bridgehead atoms. The van der Waals surface area contributed by atoms with E-state index in [1.54, 1.807) is 24.8 Å². The van der Waals surface area contributed by atoms with Crippen LogP contribution >= 0.6 is 0 Å². The Morgan fingerprint density at radius 1 is 0.508 bits per heavy atom. The van der Waals surface area contributed by atoms with Gasteiger partial charge in [-0.05, 0) is 62.9 Å². The zero-order valence-electron chi connectivity index (χ0n) is 30.5. The number of benzene rings is 2. The summed E-state index contributed by atoms with van der Waals surface area (Å²) in [4.78, 5) is 5.55. The molecule has 0 amide bonds. The van der Waals surface area contributed by atoms with Crippen molar-refractivity contribution in [2.45, 2.75) is 24.9 Å². The summed E-state index contributed by atoms with van der Waals surface area (Å²) in [5, 5.41) is 19.2. The Balaban J connectivity index is 0.000000390. The van der Waals surface area contributed by atoms with Gasteiger partial charge in [-0.1, -0.05) is 89.0 Å². The zero-order chi connectivity index (χ0) is 41.3. The number of hydrogen-bond acceptors (Lipinski definition) is 9. The molecule has 0 radical (unpaired) electrons. The van der Waals surface area contributed by atoms with E-state index in [1.165, 1.54) is 11.1 Å². The summed E-state index contributed by atoms with van der Waals surface area (Å²) in [5.41, 5.74) is -6.39. The van der Waals surface area contributed by atoms with Crippen LogP contribution in [0.1, 0.15) is 11.1 Å². The summed E-state index contributed by atoms with van der Waals surface area (Å²) in [5.74, 6) is 0. The van der Waals surface area contributed by atoms with Crippen molar-refractivity contribution in [2.75, 3.05) is 0 Å². The Kier molecular flexibility index (Phi) is 13.6. The number of hydrogen-bond donors (Lipinski definition) is 0. The van der Waals surface area contributed by atoms with E-state index in [4.69, 9.17) is 25.4 Å². The Labute approximate surface area is 343 Å². The molecule has 0 atom stereocenters. The minimum atomic E-state index is -6.72. The van der Waals surface area contributed by atoms with Crippen LogP contribution in [0.2, 0.25) is 0 Å². The van der Waals surface area contributed by atoms with E-state index in [2.05, 4.69) is 80.6 Å². The third kappa shape index (κ3) is 8.63. The minimum absolute atomic E-state index is 0. The molecule has 0 saturated heterocycles. The first kappa shape index (κ1) is 46.2. The van der Waals surface area contributed by atoms with Crippen LogP contribution in [0.4, 0.5) is 26.3 Å². The molecular weight excluding hydrogens is 875 g/mol. The summed E-state index contributed by atoms with van der Waals surface area (Å²) in [6.07, 6.45) is 11.2. The van der Waals surface area contributed by atoms with Gasteiger partial charge >= 0.3 is 27.8 Å². The Morgan fingerprint density at radius 2 is 0.797 bits per heavy atom.